The lowest BCUT2D eigenvalue weighted by molar-refractivity contribution is -0.132. The van der Waals surface area contributed by atoms with E-state index in [9.17, 15) is 23.5 Å². The number of benzene rings is 3. The zero-order valence-corrected chi connectivity index (χ0v) is 14.9. The van der Waals surface area contributed by atoms with Crippen LogP contribution in [0.3, 0.4) is 0 Å². The number of hydrogen-bond acceptors (Lipinski definition) is 3. The number of aliphatic carboxylic acids is 1. The van der Waals surface area contributed by atoms with Crippen molar-refractivity contribution < 1.29 is 28.2 Å². The Kier molecular flexibility index (Phi) is 5.99. The molecule has 0 heterocycles. The van der Waals surface area contributed by atoms with Crippen LogP contribution in [0.4, 0.5) is 8.78 Å². The Hall–Kier alpha value is -4.00. The van der Waals surface area contributed by atoms with E-state index in [1.54, 1.807) is 24.3 Å². The Morgan fingerprint density at radius 3 is 2.17 bits per heavy atom. The monoisotopic (exact) mass is 395 g/mol. The highest BCUT2D eigenvalue weighted by molar-refractivity contribution is 6.02. The smallest absolute Gasteiger partial charge is 0.352 e. The summed E-state index contributed by atoms with van der Waals surface area (Å²) in [6.07, 6.45) is 1.11. The quantitative estimate of drug-likeness (QED) is 0.598. The molecule has 0 radical (unpaired) electrons. The molecule has 29 heavy (non-hydrogen) atoms. The first kappa shape index (κ1) is 19.8. The largest absolute Gasteiger partial charge is 0.477 e. The number of carbonyl (C=O) groups is 2. The van der Waals surface area contributed by atoms with E-state index in [-0.39, 0.29) is 22.6 Å². The topological polar surface area (TPSA) is 75.6 Å². The third-order valence-electron chi connectivity index (χ3n) is 3.84. The molecule has 7 heteroatoms. The lowest BCUT2D eigenvalue weighted by atomic mass is 10.1. The Bertz CT molecular complexity index is 1080. The lowest BCUT2D eigenvalue weighted by Gasteiger charge is -2.09. The van der Waals surface area contributed by atoms with E-state index in [1.165, 1.54) is 42.5 Å². The molecule has 0 saturated heterocycles. The minimum absolute atomic E-state index is 0.143. The van der Waals surface area contributed by atoms with Gasteiger partial charge in [-0.25, -0.2) is 13.6 Å². The average molecular weight is 395 g/mol. The van der Waals surface area contributed by atoms with Crippen molar-refractivity contribution in [2.45, 2.75) is 0 Å². The number of nitrogens with one attached hydrogen (secondary N) is 1. The zero-order chi connectivity index (χ0) is 20.8. The van der Waals surface area contributed by atoms with E-state index in [2.05, 4.69) is 5.32 Å². The molecule has 0 fully saturated rings. The van der Waals surface area contributed by atoms with E-state index in [4.69, 9.17) is 4.74 Å². The molecule has 0 atom stereocenters. The maximum absolute atomic E-state index is 14.3. The summed E-state index contributed by atoms with van der Waals surface area (Å²) in [6, 6.07) is 17.3. The highest BCUT2D eigenvalue weighted by Gasteiger charge is 2.14. The molecule has 0 aliphatic carbocycles. The van der Waals surface area contributed by atoms with Crippen molar-refractivity contribution in [2.75, 3.05) is 0 Å². The molecule has 0 bridgehead atoms. The van der Waals surface area contributed by atoms with Gasteiger partial charge in [0.15, 0.2) is 23.1 Å². The molecule has 2 N–H and O–H groups in total. The molecular formula is C22H15F2NO4. The Labute approximate surface area is 164 Å². The fourth-order valence-corrected chi connectivity index (χ4v) is 2.44. The van der Waals surface area contributed by atoms with Crippen molar-refractivity contribution in [3.05, 3.63) is 101 Å². The van der Waals surface area contributed by atoms with Crippen LogP contribution >= 0.6 is 0 Å². The summed E-state index contributed by atoms with van der Waals surface area (Å²) in [5, 5.41) is 11.6. The highest BCUT2D eigenvalue weighted by Crippen LogP contribution is 2.27. The summed E-state index contributed by atoms with van der Waals surface area (Å²) in [4.78, 5) is 23.6. The van der Waals surface area contributed by atoms with Crippen LogP contribution < -0.4 is 10.1 Å². The molecule has 0 aliphatic rings. The Balaban J connectivity index is 1.81. The average Bonchev–Trinajstić information content (AvgIpc) is 2.71. The van der Waals surface area contributed by atoms with Crippen LogP contribution in [0.15, 0.2) is 78.5 Å². The standard InChI is InChI=1S/C22H15F2NO4/c23-16-8-4-5-9-19(16)29-20-11-10-14(12-17(20)24)13-18(22(27)28)25-21(26)15-6-2-1-3-7-15/h1-13H,(H,25,26)(H,27,28)/b18-13+. The van der Waals surface area contributed by atoms with Crippen molar-refractivity contribution in [3.63, 3.8) is 0 Å². The molecule has 5 nitrogen and oxygen atoms in total. The molecule has 3 aromatic carbocycles. The third kappa shape index (κ3) is 5.04. The van der Waals surface area contributed by atoms with Crippen molar-refractivity contribution in [2.24, 2.45) is 0 Å². The van der Waals surface area contributed by atoms with Gasteiger partial charge in [0.2, 0.25) is 0 Å². The molecule has 1 amide bonds. The number of ether oxygens (including phenoxy) is 1. The minimum atomic E-state index is -1.39. The summed E-state index contributed by atoms with van der Waals surface area (Å²) >= 11 is 0. The van der Waals surface area contributed by atoms with Crippen LogP contribution in [0.25, 0.3) is 6.08 Å². The van der Waals surface area contributed by atoms with E-state index < -0.39 is 29.2 Å². The van der Waals surface area contributed by atoms with Crippen LogP contribution in [0.2, 0.25) is 0 Å². The summed E-state index contributed by atoms with van der Waals surface area (Å²) < 4.78 is 33.2. The first-order valence-electron chi connectivity index (χ1n) is 8.47. The number of hydrogen-bond donors (Lipinski definition) is 2. The summed E-state index contributed by atoms with van der Waals surface area (Å²) in [6.45, 7) is 0. The van der Waals surface area contributed by atoms with Crippen LogP contribution in [-0.4, -0.2) is 17.0 Å². The van der Waals surface area contributed by atoms with Gasteiger partial charge in [-0.2, -0.15) is 0 Å². The predicted molar refractivity (Wildman–Crippen MR) is 102 cm³/mol. The number of carboxylic acids is 1. The van der Waals surface area contributed by atoms with Crippen LogP contribution in [0.5, 0.6) is 11.5 Å². The fraction of sp³-hybridized carbons (Fsp3) is 0. The summed E-state index contributed by atoms with van der Waals surface area (Å²) in [5.74, 6) is -3.83. The maximum Gasteiger partial charge on any atom is 0.352 e. The molecule has 0 unspecified atom stereocenters. The van der Waals surface area contributed by atoms with Gasteiger partial charge in [-0.1, -0.05) is 36.4 Å². The van der Waals surface area contributed by atoms with Crippen molar-refractivity contribution in [3.8, 4) is 11.5 Å². The molecule has 0 saturated carbocycles. The van der Waals surface area contributed by atoms with Gasteiger partial charge in [-0.05, 0) is 48.0 Å². The van der Waals surface area contributed by atoms with Gasteiger partial charge in [0.25, 0.3) is 5.91 Å². The lowest BCUT2D eigenvalue weighted by Crippen LogP contribution is -2.27. The molecule has 3 rings (SSSR count). The van der Waals surface area contributed by atoms with Crippen molar-refractivity contribution in [1.82, 2.24) is 5.32 Å². The minimum Gasteiger partial charge on any atom is -0.477 e. The summed E-state index contributed by atoms with van der Waals surface area (Å²) in [5.41, 5.74) is 0.0228. The maximum atomic E-state index is 14.3. The highest BCUT2D eigenvalue weighted by atomic mass is 19.1. The second-order valence-electron chi connectivity index (χ2n) is 5.91. The van der Waals surface area contributed by atoms with Gasteiger partial charge in [0.05, 0.1) is 0 Å². The first-order chi connectivity index (χ1) is 13.9. The van der Waals surface area contributed by atoms with Gasteiger partial charge in [0.1, 0.15) is 5.70 Å². The molecular weight excluding hydrogens is 380 g/mol. The molecule has 0 aliphatic heterocycles. The predicted octanol–water partition coefficient (Wildman–Crippen LogP) is 4.61. The van der Waals surface area contributed by atoms with Crippen molar-refractivity contribution in [1.29, 1.82) is 0 Å². The van der Waals surface area contributed by atoms with Crippen LogP contribution in [-0.2, 0) is 4.79 Å². The van der Waals surface area contributed by atoms with E-state index >= 15 is 0 Å². The second kappa shape index (κ2) is 8.79. The number of amides is 1. The summed E-state index contributed by atoms with van der Waals surface area (Å²) in [7, 11) is 0. The molecule has 3 aromatic rings. The zero-order valence-electron chi connectivity index (χ0n) is 14.9. The number of halogens is 2. The van der Waals surface area contributed by atoms with Crippen molar-refractivity contribution >= 4 is 18.0 Å². The number of para-hydroxylation sites is 1. The number of rotatable bonds is 6. The molecule has 0 aromatic heterocycles. The van der Waals surface area contributed by atoms with Crippen LogP contribution in [0.1, 0.15) is 15.9 Å². The first-order valence-corrected chi connectivity index (χ1v) is 8.47. The molecule has 0 spiro atoms. The van der Waals surface area contributed by atoms with E-state index in [1.807, 2.05) is 0 Å². The van der Waals surface area contributed by atoms with E-state index in [0.717, 1.165) is 12.1 Å². The van der Waals surface area contributed by atoms with Gasteiger partial charge in [0, 0.05) is 5.56 Å². The van der Waals surface area contributed by atoms with Gasteiger partial charge >= 0.3 is 5.97 Å². The number of carboxylic acid groups (broad SMARTS) is 1. The molecule has 146 valence electrons. The van der Waals surface area contributed by atoms with Gasteiger partial charge in [-0.3, -0.25) is 4.79 Å². The normalized spacial score (nSPS) is 11.0. The Morgan fingerprint density at radius 2 is 1.52 bits per heavy atom. The fourth-order valence-electron chi connectivity index (χ4n) is 2.44. The Morgan fingerprint density at radius 1 is 0.862 bits per heavy atom. The van der Waals surface area contributed by atoms with Crippen LogP contribution in [0, 0.1) is 11.6 Å². The van der Waals surface area contributed by atoms with Gasteiger partial charge < -0.3 is 15.2 Å². The number of carbonyl (C=O) groups excluding carboxylic acids is 1. The van der Waals surface area contributed by atoms with Gasteiger partial charge in [-0.15, -0.1) is 0 Å². The second-order valence-corrected chi connectivity index (χ2v) is 5.91. The van der Waals surface area contributed by atoms with E-state index in [0.29, 0.717) is 0 Å². The SMILES string of the molecule is O=C(O)/C(=C\c1ccc(Oc2ccccc2F)c(F)c1)NC(=O)c1ccccc1. The third-order valence-corrected chi connectivity index (χ3v) is 3.84.